The van der Waals surface area contributed by atoms with Gasteiger partial charge in [0.15, 0.2) is 0 Å². The van der Waals surface area contributed by atoms with E-state index in [1.54, 1.807) is 29.3 Å². The van der Waals surface area contributed by atoms with Crippen LogP contribution in [0.15, 0.2) is 40.7 Å². The van der Waals surface area contributed by atoms with Gasteiger partial charge in [-0.3, -0.25) is 4.79 Å². The Balaban J connectivity index is 1.49. The molecule has 1 amide bonds. The van der Waals surface area contributed by atoms with Gasteiger partial charge in [-0.15, -0.1) is 0 Å². The van der Waals surface area contributed by atoms with Gasteiger partial charge in [0.1, 0.15) is 11.6 Å². The molecule has 2 aromatic rings. The highest BCUT2D eigenvalue weighted by Crippen LogP contribution is 2.33. The van der Waals surface area contributed by atoms with Gasteiger partial charge >= 0.3 is 0 Å². The number of thiazole rings is 1. The normalized spacial score (nSPS) is 19.6. The Morgan fingerprint density at radius 1 is 1.28 bits per heavy atom. The van der Waals surface area contributed by atoms with Crippen LogP contribution in [0.1, 0.15) is 37.7 Å². The average Bonchev–Trinajstić information content (AvgIpc) is 3.17. The van der Waals surface area contributed by atoms with Crippen molar-refractivity contribution in [3.05, 3.63) is 41.4 Å². The molecular weight excluding hydrogens is 410 g/mol. The van der Waals surface area contributed by atoms with E-state index in [9.17, 15) is 13.2 Å². The van der Waals surface area contributed by atoms with Crippen molar-refractivity contribution >= 4 is 27.3 Å². The number of benzene rings is 1. The summed E-state index contributed by atoms with van der Waals surface area (Å²) in [4.78, 5) is 19.4. The van der Waals surface area contributed by atoms with Crippen LogP contribution in [0.5, 0.6) is 5.19 Å². The fourth-order valence-electron chi connectivity index (χ4n) is 4.01. The molecule has 0 radical (unpaired) electrons. The van der Waals surface area contributed by atoms with Crippen LogP contribution in [0.25, 0.3) is 0 Å². The lowest BCUT2D eigenvalue weighted by Gasteiger charge is -2.45. The molecule has 1 aliphatic carbocycles. The number of nitrogens with zero attached hydrogens (tertiary/aromatic N) is 2. The summed E-state index contributed by atoms with van der Waals surface area (Å²) in [6, 6.07) is 6.77. The number of rotatable bonds is 6. The van der Waals surface area contributed by atoms with Crippen LogP contribution in [0.4, 0.5) is 0 Å². The molecule has 1 aromatic heterocycles. The van der Waals surface area contributed by atoms with Crippen LogP contribution in [-0.4, -0.2) is 48.9 Å². The molecule has 1 saturated heterocycles. The third kappa shape index (κ3) is 4.31. The molecule has 2 heterocycles. The molecule has 0 unspecified atom stereocenters. The predicted octanol–water partition coefficient (Wildman–Crippen LogP) is 2.72. The number of sulfonamides is 1. The smallest absolute Gasteiger partial charge is 0.273 e. The van der Waals surface area contributed by atoms with Crippen LogP contribution >= 0.6 is 11.3 Å². The summed E-state index contributed by atoms with van der Waals surface area (Å²) < 4.78 is 34.6. The molecule has 0 atom stereocenters. The number of aryl methyl sites for hydroxylation is 1. The monoisotopic (exact) mass is 435 g/mol. The standard InChI is InChI=1S/C20H25N3O4S2/c1-15-6-5-7-17(12-15)29(25,26)22-20(8-3-2-4-9-20)18(24)23-13-16(14-23)27-19-21-10-11-28-19/h5-7,10-12,16,22H,2-4,8-9,13-14H2,1H3. The maximum atomic E-state index is 13.4. The first kappa shape index (κ1) is 20.3. The van der Waals surface area contributed by atoms with Gasteiger partial charge < -0.3 is 9.64 Å². The van der Waals surface area contributed by atoms with Crippen LogP contribution < -0.4 is 9.46 Å². The number of likely N-dealkylation sites (tertiary alicyclic amines) is 1. The molecule has 1 aliphatic heterocycles. The van der Waals surface area contributed by atoms with Crippen molar-refractivity contribution in [3.8, 4) is 5.19 Å². The van der Waals surface area contributed by atoms with Crippen LogP contribution in [0.2, 0.25) is 0 Å². The molecule has 1 N–H and O–H groups in total. The van der Waals surface area contributed by atoms with E-state index in [-0.39, 0.29) is 16.9 Å². The molecule has 9 heteroatoms. The molecule has 1 aromatic carbocycles. The lowest BCUT2D eigenvalue weighted by molar-refractivity contribution is -0.148. The summed E-state index contributed by atoms with van der Waals surface area (Å²) >= 11 is 1.42. The second-order valence-electron chi connectivity index (χ2n) is 7.81. The van der Waals surface area contributed by atoms with E-state index in [1.807, 2.05) is 18.4 Å². The fraction of sp³-hybridized carbons (Fsp3) is 0.500. The maximum absolute atomic E-state index is 13.4. The van der Waals surface area contributed by atoms with Gasteiger partial charge in [0.05, 0.1) is 18.0 Å². The highest BCUT2D eigenvalue weighted by molar-refractivity contribution is 7.89. The number of hydrogen-bond acceptors (Lipinski definition) is 6. The molecular formula is C20H25N3O4S2. The maximum Gasteiger partial charge on any atom is 0.273 e. The van der Waals surface area contributed by atoms with Crippen molar-refractivity contribution in [2.45, 2.75) is 55.6 Å². The number of amides is 1. The van der Waals surface area contributed by atoms with E-state index in [4.69, 9.17) is 4.74 Å². The molecule has 0 spiro atoms. The summed E-state index contributed by atoms with van der Waals surface area (Å²) in [5.74, 6) is -0.146. The molecule has 156 valence electrons. The summed E-state index contributed by atoms with van der Waals surface area (Å²) in [5, 5.41) is 2.43. The molecule has 4 rings (SSSR count). The largest absolute Gasteiger partial charge is 0.463 e. The summed E-state index contributed by atoms with van der Waals surface area (Å²) in [5.41, 5.74) is -0.214. The molecule has 7 nitrogen and oxygen atoms in total. The third-order valence-electron chi connectivity index (χ3n) is 5.56. The van der Waals surface area contributed by atoms with Crippen molar-refractivity contribution in [1.29, 1.82) is 0 Å². The summed E-state index contributed by atoms with van der Waals surface area (Å²) in [6.45, 7) is 2.75. The van der Waals surface area contributed by atoms with E-state index in [0.29, 0.717) is 31.1 Å². The molecule has 1 saturated carbocycles. The Bertz CT molecular complexity index is 963. The molecule has 2 fully saturated rings. The lowest BCUT2D eigenvalue weighted by Crippen LogP contribution is -2.66. The molecule has 2 aliphatic rings. The van der Waals surface area contributed by atoms with E-state index >= 15 is 0 Å². The van der Waals surface area contributed by atoms with E-state index in [0.717, 1.165) is 24.8 Å². The zero-order valence-electron chi connectivity index (χ0n) is 16.3. The highest BCUT2D eigenvalue weighted by atomic mass is 32.2. The minimum Gasteiger partial charge on any atom is -0.463 e. The number of aromatic nitrogens is 1. The Hall–Kier alpha value is -1.97. The minimum absolute atomic E-state index is 0.0980. The molecule has 29 heavy (non-hydrogen) atoms. The van der Waals surface area contributed by atoms with Crippen LogP contribution in [0.3, 0.4) is 0 Å². The first-order chi connectivity index (χ1) is 13.9. The second-order valence-corrected chi connectivity index (χ2v) is 10.4. The minimum atomic E-state index is -3.80. The summed E-state index contributed by atoms with van der Waals surface area (Å²) in [7, 11) is -3.80. The van der Waals surface area contributed by atoms with Crippen LogP contribution in [0, 0.1) is 6.92 Å². The highest BCUT2D eigenvalue weighted by Gasteiger charge is 2.48. The van der Waals surface area contributed by atoms with E-state index in [1.165, 1.54) is 11.3 Å². The van der Waals surface area contributed by atoms with Crippen molar-refractivity contribution < 1.29 is 17.9 Å². The number of carbonyl (C=O) groups excluding carboxylic acids is 1. The van der Waals surface area contributed by atoms with Gasteiger partial charge in [0.2, 0.25) is 15.9 Å². The second kappa shape index (κ2) is 8.04. The van der Waals surface area contributed by atoms with Gasteiger partial charge in [-0.1, -0.05) is 42.7 Å². The number of hydrogen-bond donors (Lipinski definition) is 1. The van der Waals surface area contributed by atoms with Crippen molar-refractivity contribution in [1.82, 2.24) is 14.6 Å². The first-order valence-corrected chi connectivity index (χ1v) is 12.2. The number of carbonyl (C=O) groups is 1. The summed E-state index contributed by atoms with van der Waals surface area (Å²) in [6.07, 6.45) is 5.29. The lowest BCUT2D eigenvalue weighted by atomic mass is 9.81. The van der Waals surface area contributed by atoms with Gasteiger partial charge in [-0.2, -0.15) is 4.72 Å². The van der Waals surface area contributed by atoms with Gasteiger partial charge in [0, 0.05) is 11.6 Å². The van der Waals surface area contributed by atoms with Gasteiger partial charge in [0.25, 0.3) is 5.19 Å². The predicted molar refractivity (Wildman–Crippen MR) is 110 cm³/mol. The first-order valence-electron chi connectivity index (χ1n) is 9.84. The third-order valence-corrected chi connectivity index (χ3v) is 7.75. The Kier molecular flexibility index (Phi) is 5.63. The van der Waals surface area contributed by atoms with Crippen molar-refractivity contribution in [2.24, 2.45) is 0 Å². The van der Waals surface area contributed by atoms with Gasteiger partial charge in [-0.05, 0) is 37.5 Å². The number of ether oxygens (including phenoxy) is 1. The fourth-order valence-corrected chi connectivity index (χ4v) is 6.08. The Labute approximate surface area is 175 Å². The topological polar surface area (TPSA) is 88.6 Å². The quantitative estimate of drug-likeness (QED) is 0.754. The zero-order valence-corrected chi connectivity index (χ0v) is 18.0. The van der Waals surface area contributed by atoms with E-state index in [2.05, 4.69) is 9.71 Å². The van der Waals surface area contributed by atoms with Gasteiger partial charge in [-0.25, -0.2) is 13.4 Å². The zero-order chi connectivity index (χ0) is 20.5. The van der Waals surface area contributed by atoms with Crippen LogP contribution in [-0.2, 0) is 14.8 Å². The van der Waals surface area contributed by atoms with Crippen molar-refractivity contribution in [3.63, 3.8) is 0 Å². The molecule has 0 bridgehead atoms. The average molecular weight is 436 g/mol. The number of nitrogens with one attached hydrogen (secondary N) is 1. The van der Waals surface area contributed by atoms with Crippen molar-refractivity contribution in [2.75, 3.05) is 13.1 Å². The Morgan fingerprint density at radius 2 is 2.03 bits per heavy atom. The van der Waals surface area contributed by atoms with E-state index < -0.39 is 15.6 Å². The Morgan fingerprint density at radius 3 is 2.69 bits per heavy atom. The SMILES string of the molecule is Cc1cccc(S(=O)(=O)NC2(C(=O)N3CC(Oc4nccs4)C3)CCCCC2)c1.